The normalized spacial score (nSPS) is 14.6. The Morgan fingerprint density at radius 2 is 1.94 bits per heavy atom. The fourth-order valence-electron chi connectivity index (χ4n) is 1.01. The fraction of sp³-hybridized carbons (Fsp3) is 0.571. The van der Waals surface area contributed by atoms with Gasteiger partial charge in [0.1, 0.15) is 6.26 Å². The van der Waals surface area contributed by atoms with Gasteiger partial charge in [-0.1, -0.05) is 0 Å². The second-order valence-electron chi connectivity index (χ2n) is 2.73. The first kappa shape index (κ1) is 17.9. The zero-order valence-electron chi connectivity index (χ0n) is 7.90. The molecule has 0 aliphatic rings. The van der Waals surface area contributed by atoms with Crippen LogP contribution in [0.15, 0.2) is 16.9 Å². The van der Waals surface area contributed by atoms with Crippen LogP contribution in [-0.4, -0.2) is 22.8 Å². The summed E-state index contributed by atoms with van der Waals surface area (Å²) in [7, 11) is 0. The third-order valence-electron chi connectivity index (χ3n) is 1.76. The van der Waals surface area contributed by atoms with E-state index in [1.54, 1.807) is 0 Å². The SMILES string of the molecule is Cl.Cl.NCCC(O)(c1ncco1)C(F)(F)F. The maximum Gasteiger partial charge on any atom is 0.426 e. The average molecular weight is 283 g/mol. The Bertz CT molecular complexity index is 294. The second kappa shape index (κ2) is 6.29. The molecule has 1 aromatic heterocycles. The first-order valence-corrected chi connectivity index (χ1v) is 3.81. The molecule has 0 spiro atoms. The van der Waals surface area contributed by atoms with Crippen molar-refractivity contribution in [3.8, 4) is 0 Å². The van der Waals surface area contributed by atoms with Crippen LogP contribution in [0, 0.1) is 0 Å². The highest BCUT2D eigenvalue weighted by Gasteiger charge is 2.57. The molecule has 0 saturated carbocycles. The minimum atomic E-state index is -4.85. The summed E-state index contributed by atoms with van der Waals surface area (Å²) in [4.78, 5) is 3.28. The molecule has 1 rings (SSSR count). The van der Waals surface area contributed by atoms with Crippen LogP contribution in [0.25, 0.3) is 0 Å². The molecule has 0 aliphatic heterocycles. The number of halogens is 5. The van der Waals surface area contributed by atoms with Gasteiger partial charge in [0.15, 0.2) is 0 Å². The van der Waals surface area contributed by atoms with E-state index in [9.17, 15) is 18.3 Å². The lowest BCUT2D eigenvalue weighted by molar-refractivity contribution is -0.276. The molecule has 96 valence electrons. The van der Waals surface area contributed by atoms with Gasteiger partial charge in [-0.05, 0) is 6.54 Å². The van der Waals surface area contributed by atoms with E-state index < -0.39 is 24.1 Å². The predicted octanol–water partition coefficient (Wildman–Crippen LogP) is 1.62. The molecular formula is C7H11Cl2F3N2O2. The van der Waals surface area contributed by atoms with E-state index in [1.165, 1.54) is 0 Å². The van der Waals surface area contributed by atoms with Gasteiger partial charge in [-0.3, -0.25) is 0 Å². The van der Waals surface area contributed by atoms with Crippen molar-refractivity contribution in [1.82, 2.24) is 4.98 Å². The Hall–Kier alpha value is -0.500. The molecule has 16 heavy (non-hydrogen) atoms. The van der Waals surface area contributed by atoms with Crippen LogP contribution in [0.4, 0.5) is 13.2 Å². The Labute approximate surface area is 102 Å². The summed E-state index contributed by atoms with van der Waals surface area (Å²) in [6.07, 6.45) is -3.54. The Morgan fingerprint density at radius 1 is 1.38 bits per heavy atom. The van der Waals surface area contributed by atoms with E-state index >= 15 is 0 Å². The van der Waals surface area contributed by atoms with Crippen molar-refractivity contribution in [2.75, 3.05) is 6.54 Å². The monoisotopic (exact) mass is 282 g/mol. The Morgan fingerprint density at radius 3 is 2.25 bits per heavy atom. The van der Waals surface area contributed by atoms with Crippen molar-refractivity contribution in [3.63, 3.8) is 0 Å². The smallest absolute Gasteiger partial charge is 0.426 e. The molecule has 0 amide bonds. The van der Waals surface area contributed by atoms with Gasteiger partial charge in [-0.2, -0.15) is 13.2 Å². The summed E-state index contributed by atoms with van der Waals surface area (Å²) >= 11 is 0. The van der Waals surface area contributed by atoms with E-state index in [1.807, 2.05) is 0 Å². The van der Waals surface area contributed by atoms with Gasteiger partial charge in [0.25, 0.3) is 0 Å². The van der Waals surface area contributed by atoms with Crippen LogP contribution in [0.1, 0.15) is 12.3 Å². The molecular weight excluding hydrogens is 272 g/mol. The van der Waals surface area contributed by atoms with Gasteiger partial charge < -0.3 is 15.3 Å². The Kier molecular flexibility index (Phi) is 7.03. The van der Waals surface area contributed by atoms with Crippen LogP contribution >= 0.6 is 24.8 Å². The highest BCUT2D eigenvalue weighted by Crippen LogP contribution is 2.40. The van der Waals surface area contributed by atoms with Crippen LogP contribution in [0.5, 0.6) is 0 Å². The molecule has 3 N–H and O–H groups in total. The standard InChI is InChI=1S/C7H9F3N2O2.2ClH/c8-7(9,10)6(13,1-2-11)5-12-3-4-14-5;;/h3-4,13H,1-2,11H2;2*1H. The van der Waals surface area contributed by atoms with E-state index in [2.05, 4.69) is 9.40 Å². The molecule has 1 unspecified atom stereocenters. The summed E-state index contributed by atoms with van der Waals surface area (Å²) < 4.78 is 41.8. The highest BCUT2D eigenvalue weighted by atomic mass is 35.5. The first-order valence-electron chi connectivity index (χ1n) is 3.81. The van der Waals surface area contributed by atoms with Crippen molar-refractivity contribution in [2.24, 2.45) is 5.73 Å². The number of alkyl halides is 3. The number of hydrogen-bond acceptors (Lipinski definition) is 4. The number of hydrogen-bond donors (Lipinski definition) is 2. The third kappa shape index (κ3) is 3.24. The Balaban J connectivity index is 0. The topological polar surface area (TPSA) is 72.3 Å². The molecule has 0 aromatic carbocycles. The van der Waals surface area contributed by atoms with Gasteiger partial charge in [0.2, 0.25) is 11.5 Å². The quantitative estimate of drug-likeness (QED) is 0.884. The van der Waals surface area contributed by atoms with Crippen LogP contribution in [0.2, 0.25) is 0 Å². The van der Waals surface area contributed by atoms with Gasteiger partial charge in [0, 0.05) is 6.42 Å². The van der Waals surface area contributed by atoms with Crippen LogP contribution in [-0.2, 0) is 5.60 Å². The van der Waals surface area contributed by atoms with Crippen molar-refractivity contribution in [2.45, 2.75) is 18.2 Å². The number of nitrogens with zero attached hydrogens (tertiary/aromatic N) is 1. The van der Waals surface area contributed by atoms with E-state index in [0.717, 1.165) is 12.5 Å². The number of oxazole rings is 1. The molecule has 0 fully saturated rings. The van der Waals surface area contributed by atoms with Gasteiger partial charge in [0.05, 0.1) is 6.20 Å². The summed E-state index contributed by atoms with van der Waals surface area (Å²) in [5.41, 5.74) is 1.90. The lowest BCUT2D eigenvalue weighted by Gasteiger charge is -2.26. The van der Waals surface area contributed by atoms with Crippen molar-refractivity contribution < 1.29 is 22.7 Å². The molecule has 0 radical (unpaired) electrons. The molecule has 9 heteroatoms. The molecule has 0 saturated heterocycles. The number of aliphatic hydroxyl groups is 1. The third-order valence-corrected chi connectivity index (χ3v) is 1.76. The average Bonchev–Trinajstić information content (AvgIpc) is 2.54. The van der Waals surface area contributed by atoms with Gasteiger partial charge >= 0.3 is 6.18 Å². The largest absolute Gasteiger partial charge is 0.446 e. The van der Waals surface area contributed by atoms with E-state index in [4.69, 9.17) is 5.73 Å². The minimum Gasteiger partial charge on any atom is -0.446 e. The molecule has 1 heterocycles. The maximum atomic E-state index is 12.4. The summed E-state index contributed by atoms with van der Waals surface area (Å²) in [5.74, 6) is -0.782. The molecule has 4 nitrogen and oxygen atoms in total. The molecule has 0 bridgehead atoms. The minimum absolute atomic E-state index is 0. The lowest BCUT2D eigenvalue weighted by Crippen LogP contribution is -2.44. The van der Waals surface area contributed by atoms with Crippen molar-refractivity contribution >= 4 is 24.8 Å². The highest BCUT2D eigenvalue weighted by molar-refractivity contribution is 5.85. The van der Waals surface area contributed by atoms with Crippen molar-refractivity contribution in [1.29, 1.82) is 0 Å². The van der Waals surface area contributed by atoms with Crippen molar-refractivity contribution in [3.05, 3.63) is 18.4 Å². The lowest BCUT2D eigenvalue weighted by atomic mass is 9.99. The number of aromatic nitrogens is 1. The molecule has 1 atom stereocenters. The number of nitrogens with two attached hydrogens (primary N) is 1. The van der Waals surface area contributed by atoms with Gasteiger partial charge in [-0.25, -0.2) is 4.98 Å². The van der Waals surface area contributed by atoms with E-state index in [0.29, 0.717) is 0 Å². The number of rotatable bonds is 3. The summed E-state index contributed by atoms with van der Waals surface area (Å²) in [6.45, 7) is -0.321. The summed E-state index contributed by atoms with van der Waals surface area (Å²) in [6, 6.07) is 0. The molecule has 1 aromatic rings. The molecule has 0 aliphatic carbocycles. The fourth-order valence-corrected chi connectivity index (χ4v) is 1.01. The zero-order chi connectivity index (χ0) is 10.8. The first-order chi connectivity index (χ1) is 6.42. The second-order valence-corrected chi connectivity index (χ2v) is 2.73. The zero-order valence-corrected chi connectivity index (χ0v) is 9.53. The van der Waals surface area contributed by atoms with E-state index in [-0.39, 0.29) is 31.4 Å². The van der Waals surface area contributed by atoms with Gasteiger partial charge in [-0.15, -0.1) is 24.8 Å². The van der Waals surface area contributed by atoms with Crippen LogP contribution < -0.4 is 5.73 Å². The summed E-state index contributed by atoms with van der Waals surface area (Å²) in [5, 5.41) is 9.35. The maximum absolute atomic E-state index is 12.4. The predicted molar refractivity (Wildman–Crippen MR) is 54.6 cm³/mol. The van der Waals surface area contributed by atoms with Crippen LogP contribution in [0.3, 0.4) is 0 Å².